The second-order valence-corrected chi connectivity index (χ2v) is 6.51. The first kappa shape index (κ1) is 16.2. The van der Waals surface area contributed by atoms with Crippen LogP contribution in [-0.4, -0.2) is 34.7 Å². The van der Waals surface area contributed by atoms with Crippen LogP contribution in [0.1, 0.15) is 39.3 Å². The zero-order valence-corrected chi connectivity index (χ0v) is 13.1. The van der Waals surface area contributed by atoms with Crippen LogP contribution in [0.2, 0.25) is 0 Å². The molecule has 2 heterocycles. The van der Waals surface area contributed by atoms with E-state index in [9.17, 15) is 14.4 Å². The quantitative estimate of drug-likeness (QED) is 0.748. The summed E-state index contributed by atoms with van der Waals surface area (Å²) in [4.78, 5) is 17.5. The summed E-state index contributed by atoms with van der Waals surface area (Å²) in [5.74, 6) is -0.596. The normalized spacial score (nSPS) is 17.7. The van der Waals surface area contributed by atoms with Gasteiger partial charge in [0.05, 0.1) is 11.8 Å². The lowest BCUT2D eigenvalue weighted by Crippen LogP contribution is -2.46. The summed E-state index contributed by atoms with van der Waals surface area (Å²) in [6.07, 6.45) is 0.449. The van der Waals surface area contributed by atoms with E-state index < -0.39 is 17.0 Å². The minimum Gasteiger partial charge on any atom is -0.444 e. The SMILES string of the molecule is CC(C)(C)OC(=O)N1CCC(C#N)(c2cccc(F)n2)CC1. The van der Waals surface area contributed by atoms with Crippen molar-refractivity contribution in [1.29, 1.82) is 5.26 Å². The first-order valence-corrected chi connectivity index (χ1v) is 7.28. The maximum absolute atomic E-state index is 13.3. The Morgan fingerprint density at radius 2 is 2.05 bits per heavy atom. The van der Waals surface area contributed by atoms with Crippen LogP contribution in [0.5, 0.6) is 0 Å². The second-order valence-electron chi connectivity index (χ2n) is 6.51. The highest BCUT2D eigenvalue weighted by Gasteiger charge is 2.40. The van der Waals surface area contributed by atoms with Crippen molar-refractivity contribution in [2.24, 2.45) is 0 Å². The van der Waals surface area contributed by atoms with E-state index in [1.807, 2.05) is 20.8 Å². The third-order valence-corrected chi connectivity index (χ3v) is 3.69. The molecule has 1 aliphatic heterocycles. The Morgan fingerprint density at radius 1 is 1.41 bits per heavy atom. The number of aromatic nitrogens is 1. The fourth-order valence-corrected chi connectivity index (χ4v) is 2.50. The average molecular weight is 305 g/mol. The van der Waals surface area contributed by atoms with Gasteiger partial charge in [-0.05, 0) is 45.7 Å². The van der Waals surface area contributed by atoms with E-state index in [4.69, 9.17) is 4.74 Å². The van der Waals surface area contributed by atoms with Crippen LogP contribution in [0.25, 0.3) is 0 Å². The predicted octanol–water partition coefficient (Wildman–Crippen LogP) is 3.01. The van der Waals surface area contributed by atoms with Gasteiger partial charge < -0.3 is 9.64 Å². The van der Waals surface area contributed by atoms with Crippen LogP contribution >= 0.6 is 0 Å². The molecule has 2 rings (SSSR count). The van der Waals surface area contributed by atoms with Gasteiger partial charge in [-0.2, -0.15) is 9.65 Å². The zero-order valence-electron chi connectivity index (χ0n) is 13.1. The predicted molar refractivity (Wildman–Crippen MR) is 78.5 cm³/mol. The number of nitrogens with zero attached hydrogens (tertiary/aromatic N) is 3. The lowest BCUT2D eigenvalue weighted by Gasteiger charge is -2.37. The third kappa shape index (κ3) is 3.53. The molecular formula is C16H20FN3O2. The van der Waals surface area contributed by atoms with Crippen molar-refractivity contribution in [3.63, 3.8) is 0 Å². The Bertz CT molecular complexity index is 596. The summed E-state index contributed by atoms with van der Waals surface area (Å²) in [6, 6.07) is 6.73. The monoisotopic (exact) mass is 305 g/mol. The number of pyridine rings is 1. The van der Waals surface area contributed by atoms with Crippen LogP contribution in [0.3, 0.4) is 0 Å². The second kappa shape index (κ2) is 5.91. The number of carbonyl (C=O) groups is 1. The van der Waals surface area contributed by atoms with Gasteiger partial charge in [0.15, 0.2) is 0 Å². The Hall–Kier alpha value is -2.16. The molecule has 5 nitrogen and oxygen atoms in total. The molecule has 0 spiro atoms. The minimum absolute atomic E-state index is 0.383. The van der Waals surface area contributed by atoms with Crippen molar-refractivity contribution >= 4 is 6.09 Å². The Labute approximate surface area is 129 Å². The molecule has 1 fully saturated rings. The number of hydrogen-bond donors (Lipinski definition) is 0. The van der Waals surface area contributed by atoms with Gasteiger partial charge in [-0.25, -0.2) is 9.78 Å². The Morgan fingerprint density at radius 3 is 2.55 bits per heavy atom. The standard InChI is InChI=1S/C16H20FN3O2/c1-15(2,3)22-14(21)20-9-7-16(11-18,8-10-20)12-5-4-6-13(17)19-12/h4-6H,7-10H2,1-3H3. The van der Waals surface area contributed by atoms with Crippen molar-refractivity contribution in [1.82, 2.24) is 9.88 Å². The fraction of sp³-hybridized carbons (Fsp3) is 0.562. The van der Waals surface area contributed by atoms with Gasteiger partial charge in [0, 0.05) is 13.1 Å². The number of amides is 1. The van der Waals surface area contributed by atoms with E-state index in [0.717, 1.165) is 0 Å². The molecule has 0 aliphatic carbocycles. The molecule has 0 atom stereocenters. The molecular weight excluding hydrogens is 285 g/mol. The number of rotatable bonds is 1. The van der Waals surface area contributed by atoms with E-state index in [1.54, 1.807) is 17.0 Å². The fourth-order valence-electron chi connectivity index (χ4n) is 2.50. The van der Waals surface area contributed by atoms with Gasteiger partial charge in [-0.1, -0.05) is 6.07 Å². The van der Waals surface area contributed by atoms with Gasteiger partial charge in [0.2, 0.25) is 5.95 Å². The van der Waals surface area contributed by atoms with Crippen molar-refractivity contribution < 1.29 is 13.9 Å². The van der Waals surface area contributed by atoms with Gasteiger partial charge in [-0.3, -0.25) is 0 Å². The molecule has 118 valence electrons. The van der Waals surface area contributed by atoms with E-state index in [1.165, 1.54) is 6.07 Å². The molecule has 1 aliphatic rings. The van der Waals surface area contributed by atoms with Crippen LogP contribution < -0.4 is 0 Å². The smallest absolute Gasteiger partial charge is 0.410 e. The van der Waals surface area contributed by atoms with Crippen molar-refractivity contribution in [3.05, 3.63) is 29.8 Å². The molecule has 0 N–H and O–H groups in total. The lowest BCUT2D eigenvalue weighted by molar-refractivity contribution is 0.0183. The number of ether oxygens (including phenoxy) is 1. The number of likely N-dealkylation sites (tertiary alicyclic amines) is 1. The molecule has 22 heavy (non-hydrogen) atoms. The summed E-state index contributed by atoms with van der Waals surface area (Å²) in [7, 11) is 0. The number of halogens is 1. The molecule has 0 radical (unpaired) electrons. The zero-order chi connectivity index (χ0) is 16.4. The summed E-state index contributed by atoms with van der Waals surface area (Å²) >= 11 is 0. The van der Waals surface area contributed by atoms with E-state index >= 15 is 0 Å². The maximum atomic E-state index is 13.3. The summed E-state index contributed by atoms with van der Waals surface area (Å²) in [6.45, 7) is 6.21. The van der Waals surface area contributed by atoms with E-state index in [0.29, 0.717) is 31.6 Å². The van der Waals surface area contributed by atoms with Gasteiger partial charge in [0.1, 0.15) is 11.0 Å². The van der Waals surface area contributed by atoms with Crippen molar-refractivity contribution in [3.8, 4) is 6.07 Å². The van der Waals surface area contributed by atoms with Gasteiger partial charge >= 0.3 is 6.09 Å². The van der Waals surface area contributed by atoms with E-state index in [-0.39, 0.29) is 6.09 Å². The molecule has 1 aromatic heterocycles. The molecule has 0 saturated carbocycles. The summed E-state index contributed by atoms with van der Waals surface area (Å²) in [5, 5.41) is 9.55. The molecule has 0 unspecified atom stereocenters. The molecule has 0 bridgehead atoms. The topological polar surface area (TPSA) is 66.2 Å². The Kier molecular flexibility index (Phi) is 4.36. The number of piperidine rings is 1. The highest BCUT2D eigenvalue weighted by molar-refractivity contribution is 5.68. The van der Waals surface area contributed by atoms with E-state index in [2.05, 4.69) is 11.1 Å². The van der Waals surface area contributed by atoms with Crippen LogP contribution in [0.15, 0.2) is 18.2 Å². The molecule has 0 aromatic carbocycles. The molecule has 1 aromatic rings. The number of hydrogen-bond acceptors (Lipinski definition) is 4. The Balaban J connectivity index is 2.09. The molecule has 1 saturated heterocycles. The molecule has 6 heteroatoms. The maximum Gasteiger partial charge on any atom is 0.410 e. The average Bonchev–Trinajstić information content (AvgIpc) is 2.45. The first-order chi connectivity index (χ1) is 10.3. The van der Waals surface area contributed by atoms with Crippen LogP contribution in [-0.2, 0) is 10.2 Å². The first-order valence-electron chi connectivity index (χ1n) is 7.28. The summed E-state index contributed by atoms with van der Waals surface area (Å²) < 4.78 is 18.6. The summed E-state index contributed by atoms with van der Waals surface area (Å²) in [5.41, 5.74) is -0.968. The minimum atomic E-state index is -0.847. The van der Waals surface area contributed by atoms with Crippen LogP contribution in [0, 0.1) is 17.3 Å². The van der Waals surface area contributed by atoms with Gasteiger partial charge in [-0.15, -0.1) is 0 Å². The number of carbonyl (C=O) groups excluding carboxylic acids is 1. The molecule has 1 amide bonds. The lowest BCUT2D eigenvalue weighted by atomic mass is 9.77. The highest BCUT2D eigenvalue weighted by atomic mass is 19.1. The van der Waals surface area contributed by atoms with Crippen molar-refractivity contribution in [2.45, 2.75) is 44.6 Å². The van der Waals surface area contributed by atoms with Gasteiger partial charge in [0.25, 0.3) is 0 Å². The largest absolute Gasteiger partial charge is 0.444 e. The van der Waals surface area contributed by atoms with Crippen molar-refractivity contribution in [2.75, 3.05) is 13.1 Å². The van der Waals surface area contributed by atoms with Crippen LogP contribution in [0.4, 0.5) is 9.18 Å². The number of nitriles is 1. The highest BCUT2D eigenvalue weighted by Crippen LogP contribution is 2.34. The third-order valence-electron chi connectivity index (χ3n) is 3.69.